The van der Waals surface area contributed by atoms with Gasteiger partial charge < -0.3 is 10.0 Å². The number of rotatable bonds is 3. The monoisotopic (exact) mass is 180 g/mol. The molecule has 0 aliphatic carbocycles. The van der Waals surface area contributed by atoms with Crippen LogP contribution in [0.1, 0.15) is 6.42 Å². The van der Waals surface area contributed by atoms with E-state index in [1.165, 1.54) is 4.90 Å². The van der Waals surface area contributed by atoms with Crippen molar-refractivity contribution in [3.05, 3.63) is 24.5 Å². The number of nitrogens with zero attached hydrogens (tertiary/aromatic N) is 2. The van der Waals surface area contributed by atoms with E-state index in [-0.39, 0.29) is 18.9 Å². The van der Waals surface area contributed by atoms with E-state index in [4.69, 9.17) is 5.11 Å². The third kappa shape index (κ3) is 2.52. The molecule has 1 rings (SSSR count). The molecule has 1 aromatic rings. The van der Waals surface area contributed by atoms with Gasteiger partial charge in [0.1, 0.15) is 0 Å². The summed E-state index contributed by atoms with van der Waals surface area (Å²) in [6, 6.07) is 3.49. The molecule has 1 amide bonds. The van der Waals surface area contributed by atoms with Gasteiger partial charge in [-0.05, 0) is 12.1 Å². The summed E-state index contributed by atoms with van der Waals surface area (Å²) in [4.78, 5) is 16.6. The standard InChI is InChI=1S/C9H12N2O2/c1-11(9(13)4-7-12)8-2-5-10-6-3-8/h2-3,5-6,12H,4,7H2,1H3. The summed E-state index contributed by atoms with van der Waals surface area (Å²) in [5, 5.41) is 8.57. The van der Waals surface area contributed by atoms with Gasteiger partial charge in [0.25, 0.3) is 0 Å². The second kappa shape index (κ2) is 4.57. The predicted octanol–water partition coefficient (Wildman–Crippen LogP) is 0.427. The van der Waals surface area contributed by atoms with Crippen LogP contribution in [-0.2, 0) is 4.79 Å². The average molecular weight is 180 g/mol. The summed E-state index contributed by atoms with van der Waals surface area (Å²) < 4.78 is 0. The van der Waals surface area contributed by atoms with Crippen molar-refractivity contribution in [3.63, 3.8) is 0 Å². The lowest BCUT2D eigenvalue weighted by Gasteiger charge is -2.15. The minimum absolute atomic E-state index is 0.103. The van der Waals surface area contributed by atoms with Crippen LogP contribution in [0.15, 0.2) is 24.5 Å². The fourth-order valence-corrected chi connectivity index (χ4v) is 0.975. The lowest BCUT2D eigenvalue weighted by atomic mass is 10.3. The summed E-state index contributed by atoms with van der Waals surface area (Å²) in [5.74, 6) is -0.103. The van der Waals surface area contributed by atoms with E-state index in [9.17, 15) is 4.79 Å². The van der Waals surface area contributed by atoms with Crippen molar-refractivity contribution in [1.29, 1.82) is 0 Å². The third-order valence-corrected chi connectivity index (χ3v) is 1.75. The minimum Gasteiger partial charge on any atom is -0.396 e. The Morgan fingerprint density at radius 1 is 1.54 bits per heavy atom. The number of aliphatic hydroxyl groups excluding tert-OH is 1. The van der Waals surface area contributed by atoms with Gasteiger partial charge in [0.15, 0.2) is 0 Å². The zero-order valence-electron chi connectivity index (χ0n) is 7.47. The molecule has 4 nitrogen and oxygen atoms in total. The Labute approximate surface area is 76.8 Å². The number of anilines is 1. The molecule has 13 heavy (non-hydrogen) atoms. The highest BCUT2D eigenvalue weighted by atomic mass is 16.3. The van der Waals surface area contributed by atoms with Crippen LogP contribution < -0.4 is 4.90 Å². The summed E-state index contributed by atoms with van der Waals surface area (Å²) in [6.45, 7) is -0.117. The Morgan fingerprint density at radius 2 is 2.15 bits per heavy atom. The lowest BCUT2D eigenvalue weighted by Crippen LogP contribution is -2.26. The minimum atomic E-state index is -0.117. The maximum atomic E-state index is 11.3. The van der Waals surface area contributed by atoms with Gasteiger partial charge in [-0.3, -0.25) is 9.78 Å². The number of pyridine rings is 1. The van der Waals surface area contributed by atoms with Gasteiger partial charge >= 0.3 is 0 Å². The van der Waals surface area contributed by atoms with Crippen molar-refractivity contribution in [2.75, 3.05) is 18.6 Å². The molecule has 0 aliphatic heterocycles. The zero-order valence-corrected chi connectivity index (χ0v) is 7.47. The van der Waals surface area contributed by atoms with E-state index >= 15 is 0 Å². The number of hydrogen-bond donors (Lipinski definition) is 1. The molecule has 0 atom stereocenters. The highest BCUT2D eigenvalue weighted by molar-refractivity contribution is 5.92. The molecule has 0 unspecified atom stereocenters. The van der Waals surface area contributed by atoms with E-state index in [1.807, 2.05) is 0 Å². The van der Waals surface area contributed by atoms with Crippen molar-refractivity contribution < 1.29 is 9.90 Å². The van der Waals surface area contributed by atoms with Crippen LogP contribution in [-0.4, -0.2) is 29.7 Å². The van der Waals surface area contributed by atoms with Crippen molar-refractivity contribution >= 4 is 11.6 Å². The molecule has 1 N–H and O–H groups in total. The molecule has 0 saturated heterocycles. The summed E-state index contributed by atoms with van der Waals surface area (Å²) in [7, 11) is 1.67. The first-order valence-electron chi connectivity index (χ1n) is 4.03. The molecule has 70 valence electrons. The van der Waals surface area contributed by atoms with E-state index < -0.39 is 0 Å². The van der Waals surface area contributed by atoms with Crippen molar-refractivity contribution in [1.82, 2.24) is 4.98 Å². The third-order valence-electron chi connectivity index (χ3n) is 1.75. The van der Waals surface area contributed by atoms with E-state index in [1.54, 1.807) is 31.6 Å². The Morgan fingerprint density at radius 3 is 2.69 bits per heavy atom. The van der Waals surface area contributed by atoms with Crippen molar-refractivity contribution in [3.8, 4) is 0 Å². The van der Waals surface area contributed by atoms with Gasteiger partial charge in [0, 0.05) is 25.1 Å². The maximum Gasteiger partial charge on any atom is 0.229 e. The molecule has 4 heteroatoms. The van der Waals surface area contributed by atoms with E-state index in [2.05, 4.69) is 4.98 Å². The molecule has 0 radical (unpaired) electrons. The average Bonchev–Trinajstić information content (AvgIpc) is 2.18. The maximum absolute atomic E-state index is 11.3. The van der Waals surface area contributed by atoms with Gasteiger partial charge in [-0.25, -0.2) is 0 Å². The van der Waals surface area contributed by atoms with E-state index in [0.717, 1.165) is 5.69 Å². The topological polar surface area (TPSA) is 53.4 Å². The van der Waals surface area contributed by atoms with Crippen LogP contribution in [0, 0.1) is 0 Å². The Bertz CT molecular complexity index is 274. The molecule has 0 fully saturated rings. The van der Waals surface area contributed by atoms with Gasteiger partial charge in [0.05, 0.1) is 13.0 Å². The molecule has 0 aromatic carbocycles. The molecule has 0 saturated carbocycles. The number of aromatic nitrogens is 1. The van der Waals surface area contributed by atoms with Crippen LogP contribution in [0.25, 0.3) is 0 Å². The number of aliphatic hydroxyl groups is 1. The lowest BCUT2D eigenvalue weighted by molar-refractivity contribution is -0.118. The van der Waals surface area contributed by atoms with Crippen LogP contribution in [0.2, 0.25) is 0 Å². The number of amides is 1. The summed E-state index contributed by atoms with van der Waals surface area (Å²) in [6.07, 6.45) is 3.40. The fourth-order valence-electron chi connectivity index (χ4n) is 0.975. The Balaban J connectivity index is 2.68. The first-order chi connectivity index (χ1) is 6.25. The highest BCUT2D eigenvalue weighted by Gasteiger charge is 2.08. The Hall–Kier alpha value is -1.42. The first kappa shape index (κ1) is 9.67. The Kier molecular flexibility index (Phi) is 3.40. The van der Waals surface area contributed by atoms with Crippen LogP contribution in [0.5, 0.6) is 0 Å². The second-order valence-electron chi connectivity index (χ2n) is 2.63. The van der Waals surface area contributed by atoms with Crippen LogP contribution >= 0.6 is 0 Å². The number of carbonyl (C=O) groups excluding carboxylic acids is 1. The van der Waals surface area contributed by atoms with Crippen molar-refractivity contribution in [2.24, 2.45) is 0 Å². The van der Waals surface area contributed by atoms with Crippen molar-refractivity contribution in [2.45, 2.75) is 6.42 Å². The predicted molar refractivity (Wildman–Crippen MR) is 49.3 cm³/mol. The summed E-state index contributed by atoms with van der Waals surface area (Å²) >= 11 is 0. The largest absolute Gasteiger partial charge is 0.396 e. The molecule has 0 aliphatic rings. The summed E-state index contributed by atoms with van der Waals surface area (Å²) in [5.41, 5.74) is 0.786. The number of hydrogen-bond acceptors (Lipinski definition) is 3. The van der Waals surface area contributed by atoms with Gasteiger partial charge in [-0.15, -0.1) is 0 Å². The molecule has 1 heterocycles. The molecular formula is C9H12N2O2. The fraction of sp³-hybridized carbons (Fsp3) is 0.333. The van der Waals surface area contributed by atoms with Crippen LogP contribution in [0.4, 0.5) is 5.69 Å². The van der Waals surface area contributed by atoms with Gasteiger partial charge in [-0.2, -0.15) is 0 Å². The molecule has 0 spiro atoms. The zero-order chi connectivity index (χ0) is 9.68. The van der Waals surface area contributed by atoms with Crippen LogP contribution in [0.3, 0.4) is 0 Å². The second-order valence-corrected chi connectivity index (χ2v) is 2.63. The first-order valence-corrected chi connectivity index (χ1v) is 4.03. The quantitative estimate of drug-likeness (QED) is 0.733. The molecule has 1 aromatic heterocycles. The molecular weight excluding hydrogens is 168 g/mol. The highest BCUT2D eigenvalue weighted by Crippen LogP contribution is 2.10. The normalized spacial score (nSPS) is 9.69. The molecule has 0 bridgehead atoms. The van der Waals surface area contributed by atoms with Gasteiger partial charge in [0.2, 0.25) is 5.91 Å². The number of carbonyl (C=O) groups is 1. The SMILES string of the molecule is CN(C(=O)CCO)c1ccncc1. The van der Waals surface area contributed by atoms with Gasteiger partial charge in [-0.1, -0.05) is 0 Å². The smallest absolute Gasteiger partial charge is 0.229 e. The van der Waals surface area contributed by atoms with E-state index in [0.29, 0.717) is 0 Å².